The van der Waals surface area contributed by atoms with Crippen molar-refractivity contribution in [3.63, 3.8) is 0 Å². The van der Waals surface area contributed by atoms with Crippen LogP contribution in [0.25, 0.3) is 0 Å². The molecule has 152 valence electrons. The van der Waals surface area contributed by atoms with Crippen LogP contribution in [0.5, 0.6) is 0 Å². The van der Waals surface area contributed by atoms with E-state index in [0.717, 1.165) is 18.4 Å². The summed E-state index contributed by atoms with van der Waals surface area (Å²) < 4.78 is 5.49. The molecule has 3 rings (SSSR count). The molecule has 0 spiro atoms. The largest absolute Gasteiger partial charge is 0.462 e. The maximum absolute atomic E-state index is 12.8. The lowest BCUT2D eigenvalue weighted by Crippen LogP contribution is -2.40. The summed E-state index contributed by atoms with van der Waals surface area (Å²) >= 11 is 3.15. The van der Waals surface area contributed by atoms with Crippen molar-refractivity contribution in [2.75, 3.05) is 31.6 Å². The van der Waals surface area contributed by atoms with Gasteiger partial charge in [0.25, 0.3) is 0 Å². The van der Waals surface area contributed by atoms with Gasteiger partial charge in [0.1, 0.15) is 6.61 Å². The number of hydrogen-bond acceptors (Lipinski definition) is 4. The van der Waals surface area contributed by atoms with E-state index in [-0.39, 0.29) is 0 Å². The van der Waals surface area contributed by atoms with E-state index >= 15 is 0 Å². The number of alkyl halides is 1. The molecule has 5 heteroatoms. The topological polar surface area (TPSA) is 49.8 Å². The second-order valence-electron chi connectivity index (χ2n) is 6.75. The van der Waals surface area contributed by atoms with E-state index in [4.69, 9.17) is 4.74 Å². The highest BCUT2D eigenvalue weighted by Gasteiger charge is 2.41. The molecule has 1 saturated heterocycles. The number of esters is 1. The fourth-order valence-corrected chi connectivity index (χ4v) is 3.32. The summed E-state index contributed by atoms with van der Waals surface area (Å²) in [6.45, 7) is 5.16. The van der Waals surface area contributed by atoms with Gasteiger partial charge >= 0.3 is 5.97 Å². The smallest absolute Gasteiger partial charge is 0.347 e. The number of piperidine rings is 1. The Morgan fingerprint density at radius 3 is 1.93 bits per heavy atom. The Hall–Kier alpha value is -1.69. The number of likely N-dealkylation sites (tertiary alicyclic amines) is 1. The molecule has 0 bridgehead atoms. The van der Waals surface area contributed by atoms with Gasteiger partial charge in [-0.3, -0.25) is 4.90 Å². The number of carbonyl (C=O) groups is 1. The molecule has 0 aromatic heterocycles. The van der Waals surface area contributed by atoms with Gasteiger partial charge in [-0.15, -0.1) is 0 Å². The molecular weight excluding hydrogens is 418 g/mol. The molecule has 0 saturated carbocycles. The van der Waals surface area contributed by atoms with Gasteiger partial charge in [-0.1, -0.05) is 89.9 Å². The van der Waals surface area contributed by atoms with Gasteiger partial charge in [0.2, 0.25) is 5.60 Å². The second-order valence-corrected chi connectivity index (χ2v) is 7.87. The molecule has 2 aromatic rings. The average Bonchev–Trinajstić information content (AvgIpc) is 2.75. The molecular formula is C23H30BrNO3. The first-order valence-electron chi connectivity index (χ1n) is 9.91. The van der Waals surface area contributed by atoms with Gasteiger partial charge in [-0.05, 0) is 37.1 Å². The van der Waals surface area contributed by atoms with E-state index in [1.54, 1.807) is 24.3 Å². The van der Waals surface area contributed by atoms with Crippen molar-refractivity contribution in [1.82, 2.24) is 4.90 Å². The fourth-order valence-electron chi connectivity index (χ4n) is 3.32. The molecule has 1 aliphatic heterocycles. The van der Waals surface area contributed by atoms with Crippen molar-refractivity contribution in [2.45, 2.75) is 31.8 Å². The molecule has 0 aliphatic carbocycles. The van der Waals surface area contributed by atoms with Gasteiger partial charge in [0.15, 0.2) is 0 Å². The quantitative estimate of drug-likeness (QED) is 0.527. The standard InChI is InChI=1S/C21H25NO3.C2H5Br/c23-20(25-17-16-22-14-8-3-9-15-22)21(24,18-10-4-1-5-11-18)19-12-6-2-7-13-19;1-2-3/h1-2,4-7,10-13,24H,3,8-9,14-17H2;2H2,1H3. The van der Waals surface area contributed by atoms with Crippen molar-refractivity contribution >= 4 is 21.9 Å². The summed E-state index contributed by atoms with van der Waals surface area (Å²) in [4.78, 5) is 15.1. The molecule has 1 fully saturated rings. The van der Waals surface area contributed by atoms with Crippen LogP contribution in [-0.4, -0.2) is 47.5 Å². The molecule has 1 heterocycles. The maximum atomic E-state index is 12.8. The van der Waals surface area contributed by atoms with Crippen LogP contribution in [0.2, 0.25) is 0 Å². The minimum Gasteiger partial charge on any atom is -0.462 e. The lowest BCUT2D eigenvalue weighted by Gasteiger charge is -2.29. The Labute approximate surface area is 176 Å². The molecule has 1 aliphatic rings. The van der Waals surface area contributed by atoms with Gasteiger partial charge in [-0.25, -0.2) is 4.79 Å². The van der Waals surface area contributed by atoms with Crippen LogP contribution in [0, 0.1) is 0 Å². The molecule has 4 nitrogen and oxygen atoms in total. The molecule has 0 unspecified atom stereocenters. The summed E-state index contributed by atoms with van der Waals surface area (Å²) in [5, 5.41) is 12.3. The Balaban J connectivity index is 0.000000878. The third-order valence-corrected chi connectivity index (χ3v) is 4.77. The number of ether oxygens (including phenoxy) is 1. The monoisotopic (exact) mass is 447 g/mol. The zero-order valence-electron chi connectivity index (χ0n) is 16.5. The van der Waals surface area contributed by atoms with Crippen molar-refractivity contribution in [3.05, 3.63) is 71.8 Å². The van der Waals surface area contributed by atoms with Crippen molar-refractivity contribution in [3.8, 4) is 0 Å². The van der Waals surface area contributed by atoms with Crippen molar-refractivity contribution in [2.24, 2.45) is 0 Å². The van der Waals surface area contributed by atoms with Crippen LogP contribution >= 0.6 is 15.9 Å². The molecule has 0 radical (unpaired) electrons. The zero-order chi connectivity index (χ0) is 20.2. The van der Waals surface area contributed by atoms with Gasteiger partial charge in [-0.2, -0.15) is 0 Å². The molecule has 1 N–H and O–H groups in total. The van der Waals surface area contributed by atoms with Crippen LogP contribution in [0.1, 0.15) is 37.3 Å². The number of nitrogens with zero attached hydrogens (tertiary/aromatic N) is 1. The van der Waals surface area contributed by atoms with Gasteiger partial charge in [0.05, 0.1) is 0 Å². The van der Waals surface area contributed by atoms with Gasteiger partial charge in [0, 0.05) is 11.9 Å². The molecule has 28 heavy (non-hydrogen) atoms. The highest BCUT2D eigenvalue weighted by Crippen LogP contribution is 2.31. The van der Waals surface area contributed by atoms with Gasteiger partial charge < -0.3 is 9.84 Å². The molecule has 0 atom stereocenters. The summed E-state index contributed by atoms with van der Waals surface area (Å²) in [5.41, 5.74) is -0.752. The summed E-state index contributed by atoms with van der Waals surface area (Å²) in [6.07, 6.45) is 3.68. The maximum Gasteiger partial charge on any atom is 0.347 e. The normalized spacial score (nSPS) is 14.7. The third kappa shape index (κ3) is 6.16. The Morgan fingerprint density at radius 2 is 1.46 bits per heavy atom. The highest BCUT2D eigenvalue weighted by atomic mass is 79.9. The first-order valence-corrected chi connectivity index (χ1v) is 11.0. The fraction of sp³-hybridized carbons (Fsp3) is 0.435. The van der Waals surface area contributed by atoms with Crippen molar-refractivity contribution in [1.29, 1.82) is 0 Å². The summed E-state index contributed by atoms with van der Waals surface area (Å²) in [7, 11) is 0. The number of halogens is 1. The predicted octanol–water partition coefficient (Wildman–Crippen LogP) is 4.35. The van der Waals surface area contributed by atoms with Crippen LogP contribution in [0.3, 0.4) is 0 Å². The van der Waals surface area contributed by atoms with Crippen LogP contribution in [0.15, 0.2) is 60.7 Å². The first-order chi connectivity index (χ1) is 13.6. The number of hydrogen-bond donors (Lipinski definition) is 1. The number of benzene rings is 2. The number of carbonyl (C=O) groups excluding carboxylic acids is 1. The van der Waals surface area contributed by atoms with E-state index in [1.807, 2.05) is 43.3 Å². The van der Waals surface area contributed by atoms with Crippen LogP contribution in [-0.2, 0) is 15.1 Å². The SMILES string of the molecule is CCBr.O=C(OCCN1CCCCC1)C(O)(c1ccccc1)c1ccccc1. The predicted molar refractivity (Wildman–Crippen MR) is 117 cm³/mol. The van der Waals surface area contributed by atoms with E-state index in [2.05, 4.69) is 20.8 Å². The lowest BCUT2D eigenvalue weighted by atomic mass is 9.86. The summed E-state index contributed by atoms with van der Waals surface area (Å²) in [6, 6.07) is 18.0. The Bertz CT molecular complexity index is 648. The van der Waals surface area contributed by atoms with E-state index in [9.17, 15) is 9.90 Å². The highest BCUT2D eigenvalue weighted by molar-refractivity contribution is 9.09. The summed E-state index contributed by atoms with van der Waals surface area (Å²) in [5.74, 6) is -0.623. The average molecular weight is 448 g/mol. The Morgan fingerprint density at radius 1 is 1.00 bits per heavy atom. The van der Waals surface area contributed by atoms with Crippen molar-refractivity contribution < 1.29 is 14.6 Å². The lowest BCUT2D eigenvalue weighted by molar-refractivity contribution is -0.162. The van der Waals surface area contributed by atoms with Crippen LogP contribution in [0.4, 0.5) is 0 Å². The first kappa shape index (κ1) is 22.6. The second kappa shape index (κ2) is 12.0. The zero-order valence-corrected chi connectivity index (χ0v) is 18.1. The number of aliphatic hydroxyl groups is 1. The molecule has 0 amide bonds. The third-order valence-electron chi connectivity index (χ3n) is 4.77. The van der Waals surface area contributed by atoms with E-state index in [1.165, 1.54) is 19.3 Å². The minimum absolute atomic E-state index is 0.292. The molecule has 2 aromatic carbocycles. The van der Waals surface area contributed by atoms with E-state index in [0.29, 0.717) is 24.3 Å². The minimum atomic E-state index is -1.79. The van der Waals surface area contributed by atoms with Crippen LogP contribution < -0.4 is 0 Å². The number of rotatable bonds is 6. The Kier molecular flexibility index (Phi) is 9.68. The van der Waals surface area contributed by atoms with E-state index < -0.39 is 11.6 Å².